The smallest absolute Gasteiger partial charge is 0.326 e. The van der Waals surface area contributed by atoms with E-state index in [1.807, 2.05) is 30.3 Å². The first-order chi connectivity index (χ1) is 12.9. The van der Waals surface area contributed by atoms with E-state index < -0.39 is 23.9 Å². The van der Waals surface area contributed by atoms with Gasteiger partial charge in [0, 0.05) is 5.02 Å². The van der Waals surface area contributed by atoms with Crippen LogP contribution in [-0.2, 0) is 14.3 Å². The molecule has 0 saturated heterocycles. The van der Waals surface area contributed by atoms with Gasteiger partial charge in [-0.05, 0) is 30.7 Å². The van der Waals surface area contributed by atoms with Crippen molar-refractivity contribution in [3.63, 3.8) is 0 Å². The molecule has 0 aromatic heterocycles. The quantitative estimate of drug-likeness (QED) is 0.689. The molecule has 2 aromatic rings. The molecule has 0 radical (unpaired) electrons. The van der Waals surface area contributed by atoms with E-state index in [2.05, 4.69) is 10.6 Å². The fraction of sp³-hybridized carbons (Fsp3) is 0.211. The van der Waals surface area contributed by atoms with E-state index in [0.717, 1.165) is 5.56 Å². The number of amides is 2. The zero-order chi connectivity index (χ0) is 19.8. The summed E-state index contributed by atoms with van der Waals surface area (Å²) in [6.45, 7) is 1.14. The van der Waals surface area contributed by atoms with Gasteiger partial charge < -0.3 is 15.4 Å². The molecule has 2 rings (SSSR count). The average Bonchev–Trinajstić information content (AvgIpc) is 2.65. The van der Waals surface area contributed by atoms with Crippen LogP contribution in [0.15, 0.2) is 48.5 Å². The highest BCUT2D eigenvalue weighted by atomic mass is 35.5. The molecule has 0 aliphatic heterocycles. The lowest BCUT2D eigenvalue weighted by atomic mass is 10.1. The minimum Gasteiger partial charge on any atom is -0.456 e. The number of benzene rings is 2. The largest absolute Gasteiger partial charge is 0.456 e. The number of rotatable bonds is 7. The van der Waals surface area contributed by atoms with Gasteiger partial charge in [0.25, 0.3) is 5.91 Å². The molecule has 0 saturated carbocycles. The van der Waals surface area contributed by atoms with E-state index in [-0.39, 0.29) is 23.7 Å². The monoisotopic (exact) mass is 408 g/mol. The number of halogens is 2. The van der Waals surface area contributed by atoms with Crippen LogP contribution in [-0.4, -0.2) is 30.9 Å². The lowest BCUT2D eigenvalue weighted by molar-refractivity contribution is -0.148. The molecule has 0 spiro atoms. The maximum absolute atomic E-state index is 12.0. The van der Waals surface area contributed by atoms with Crippen LogP contribution in [0.2, 0.25) is 10.0 Å². The molecule has 0 unspecified atom stereocenters. The van der Waals surface area contributed by atoms with Gasteiger partial charge >= 0.3 is 5.97 Å². The van der Waals surface area contributed by atoms with Crippen molar-refractivity contribution in [3.8, 4) is 0 Å². The molecule has 1 atom stereocenters. The standard InChI is InChI=1S/C19H18Cl2N2O4/c1-12(13-5-3-2-4-6-13)27-18(25)11-22-17(24)10-23-19(26)15-8-7-14(20)9-16(15)21/h2-9,12H,10-11H2,1H3,(H,22,24)(H,23,26)/t12-/m0/s1. The molecule has 2 amide bonds. The van der Waals surface area contributed by atoms with Crippen molar-refractivity contribution < 1.29 is 19.1 Å². The Morgan fingerprint density at radius 2 is 1.70 bits per heavy atom. The van der Waals surface area contributed by atoms with Gasteiger partial charge in [0.15, 0.2) is 0 Å². The van der Waals surface area contributed by atoms with E-state index in [4.69, 9.17) is 27.9 Å². The number of ether oxygens (including phenoxy) is 1. The molecule has 27 heavy (non-hydrogen) atoms. The maximum Gasteiger partial charge on any atom is 0.326 e. The van der Waals surface area contributed by atoms with E-state index >= 15 is 0 Å². The van der Waals surface area contributed by atoms with E-state index in [1.54, 1.807) is 6.92 Å². The minimum absolute atomic E-state index is 0.180. The third-order valence-corrected chi connectivity index (χ3v) is 4.14. The Labute approximate surface area is 166 Å². The molecule has 0 fully saturated rings. The fourth-order valence-corrected chi connectivity index (χ4v) is 2.69. The number of hydrogen-bond donors (Lipinski definition) is 2. The average molecular weight is 409 g/mol. The Bertz CT molecular complexity index is 828. The minimum atomic E-state index is -0.577. The summed E-state index contributed by atoms with van der Waals surface area (Å²) in [4.78, 5) is 35.6. The maximum atomic E-state index is 12.0. The third kappa shape index (κ3) is 6.58. The van der Waals surface area contributed by atoms with E-state index in [0.29, 0.717) is 5.02 Å². The molecule has 0 aliphatic carbocycles. The van der Waals surface area contributed by atoms with Crippen molar-refractivity contribution in [1.29, 1.82) is 0 Å². The predicted molar refractivity (Wildman–Crippen MR) is 103 cm³/mol. The topological polar surface area (TPSA) is 84.5 Å². The summed E-state index contributed by atoms with van der Waals surface area (Å²) in [5, 5.41) is 5.39. The van der Waals surface area contributed by atoms with Gasteiger partial charge in [0.2, 0.25) is 5.91 Å². The summed E-state index contributed by atoms with van der Waals surface area (Å²) in [6.07, 6.45) is -0.428. The van der Waals surface area contributed by atoms with Crippen LogP contribution in [0.4, 0.5) is 0 Å². The van der Waals surface area contributed by atoms with E-state index in [1.165, 1.54) is 18.2 Å². The Balaban J connectivity index is 1.74. The lowest BCUT2D eigenvalue weighted by Gasteiger charge is -2.14. The zero-order valence-electron chi connectivity index (χ0n) is 14.5. The van der Waals surface area contributed by atoms with Crippen LogP contribution in [0.25, 0.3) is 0 Å². The predicted octanol–water partition coefficient (Wildman–Crippen LogP) is 3.14. The summed E-state index contributed by atoms with van der Waals surface area (Å²) < 4.78 is 5.24. The van der Waals surface area contributed by atoms with Gasteiger partial charge in [-0.2, -0.15) is 0 Å². The van der Waals surface area contributed by atoms with Gasteiger partial charge in [-0.15, -0.1) is 0 Å². The van der Waals surface area contributed by atoms with Crippen molar-refractivity contribution >= 4 is 41.0 Å². The molecular weight excluding hydrogens is 391 g/mol. The van der Waals surface area contributed by atoms with Crippen LogP contribution in [0, 0.1) is 0 Å². The van der Waals surface area contributed by atoms with Gasteiger partial charge in [-0.1, -0.05) is 53.5 Å². The van der Waals surface area contributed by atoms with Crippen LogP contribution < -0.4 is 10.6 Å². The van der Waals surface area contributed by atoms with Crippen molar-refractivity contribution in [1.82, 2.24) is 10.6 Å². The Morgan fingerprint density at radius 1 is 1.00 bits per heavy atom. The van der Waals surface area contributed by atoms with Gasteiger partial charge in [-0.3, -0.25) is 14.4 Å². The number of carbonyl (C=O) groups is 3. The number of nitrogens with one attached hydrogen (secondary N) is 2. The van der Waals surface area contributed by atoms with Crippen molar-refractivity contribution in [2.45, 2.75) is 13.0 Å². The first kappa shape index (κ1) is 20.7. The Hall–Kier alpha value is -2.57. The van der Waals surface area contributed by atoms with Crippen LogP contribution in [0.3, 0.4) is 0 Å². The number of carbonyl (C=O) groups excluding carboxylic acids is 3. The third-order valence-electron chi connectivity index (χ3n) is 3.59. The summed E-state index contributed by atoms with van der Waals surface area (Å²) in [5.74, 6) is -1.63. The first-order valence-electron chi connectivity index (χ1n) is 8.11. The normalized spacial score (nSPS) is 11.4. The number of esters is 1. The van der Waals surface area contributed by atoms with Gasteiger partial charge in [-0.25, -0.2) is 0 Å². The zero-order valence-corrected chi connectivity index (χ0v) is 16.0. The van der Waals surface area contributed by atoms with Crippen molar-refractivity contribution in [2.24, 2.45) is 0 Å². The molecule has 2 aromatic carbocycles. The highest BCUT2D eigenvalue weighted by molar-refractivity contribution is 6.36. The van der Waals surface area contributed by atoms with Crippen LogP contribution >= 0.6 is 23.2 Å². The van der Waals surface area contributed by atoms with Crippen molar-refractivity contribution in [3.05, 3.63) is 69.7 Å². The van der Waals surface area contributed by atoms with Gasteiger partial charge in [0.1, 0.15) is 12.6 Å². The van der Waals surface area contributed by atoms with Crippen LogP contribution in [0.1, 0.15) is 28.9 Å². The second-order valence-electron chi connectivity index (χ2n) is 5.63. The first-order valence-corrected chi connectivity index (χ1v) is 8.87. The molecular formula is C19H18Cl2N2O4. The summed E-state index contributed by atoms with van der Waals surface area (Å²) >= 11 is 11.7. The lowest BCUT2D eigenvalue weighted by Crippen LogP contribution is -2.39. The van der Waals surface area contributed by atoms with Crippen LogP contribution in [0.5, 0.6) is 0 Å². The molecule has 6 nitrogen and oxygen atoms in total. The molecule has 0 aliphatic rings. The Kier molecular flexibility index (Phi) is 7.64. The molecule has 0 heterocycles. The highest BCUT2D eigenvalue weighted by Crippen LogP contribution is 2.20. The number of hydrogen-bond acceptors (Lipinski definition) is 4. The fourth-order valence-electron chi connectivity index (χ4n) is 2.19. The summed E-state index contributed by atoms with van der Waals surface area (Å²) in [6, 6.07) is 13.6. The molecule has 2 N–H and O–H groups in total. The molecule has 142 valence electrons. The van der Waals surface area contributed by atoms with Crippen molar-refractivity contribution in [2.75, 3.05) is 13.1 Å². The second kappa shape index (κ2) is 9.94. The SMILES string of the molecule is C[C@H](OC(=O)CNC(=O)CNC(=O)c1ccc(Cl)cc1Cl)c1ccccc1. The second-order valence-corrected chi connectivity index (χ2v) is 6.47. The molecule has 0 bridgehead atoms. The molecule has 8 heteroatoms. The highest BCUT2D eigenvalue weighted by Gasteiger charge is 2.14. The van der Waals surface area contributed by atoms with E-state index in [9.17, 15) is 14.4 Å². The Morgan fingerprint density at radius 3 is 2.37 bits per heavy atom. The summed E-state index contributed by atoms with van der Waals surface area (Å²) in [7, 11) is 0. The van der Waals surface area contributed by atoms with Gasteiger partial charge in [0.05, 0.1) is 17.1 Å². The summed E-state index contributed by atoms with van der Waals surface area (Å²) in [5.41, 5.74) is 1.05.